The number of halogens is 1. The average Bonchev–Trinajstić information content (AvgIpc) is 2.27. The fraction of sp³-hybridized carbons (Fsp3) is 0.214. The van der Waals surface area contributed by atoms with Crippen molar-refractivity contribution >= 4 is 11.6 Å². The van der Waals surface area contributed by atoms with Crippen molar-refractivity contribution in [3.05, 3.63) is 64.4 Å². The summed E-state index contributed by atoms with van der Waals surface area (Å²) in [6.07, 6.45) is 1.94. The number of benzene rings is 1. The lowest BCUT2D eigenvalue weighted by molar-refractivity contribution is 0.903. The maximum atomic E-state index is 5.94. The van der Waals surface area contributed by atoms with Gasteiger partial charge < -0.3 is 0 Å². The molecule has 2 heteroatoms. The largest absolute Gasteiger partial charge is 0.258 e. The van der Waals surface area contributed by atoms with Crippen LogP contribution in [0.4, 0.5) is 0 Å². The normalized spacial score (nSPS) is 10.4. The average molecular weight is 232 g/mol. The molecular weight excluding hydrogens is 218 g/mol. The molecule has 0 N–H and O–H groups in total. The van der Waals surface area contributed by atoms with E-state index < -0.39 is 0 Å². The highest BCUT2D eigenvalue weighted by Crippen LogP contribution is 2.12. The van der Waals surface area contributed by atoms with E-state index in [9.17, 15) is 0 Å². The van der Waals surface area contributed by atoms with Crippen LogP contribution in [0.25, 0.3) is 0 Å². The molecule has 0 saturated carbocycles. The van der Waals surface area contributed by atoms with Crippen molar-refractivity contribution in [1.29, 1.82) is 0 Å². The van der Waals surface area contributed by atoms with Crippen LogP contribution in [-0.2, 0) is 12.8 Å². The van der Waals surface area contributed by atoms with E-state index in [0.717, 1.165) is 29.3 Å². The van der Waals surface area contributed by atoms with E-state index in [2.05, 4.69) is 23.2 Å². The van der Waals surface area contributed by atoms with Crippen LogP contribution < -0.4 is 0 Å². The summed E-state index contributed by atoms with van der Waals surface area (Å²) in [7, 11) is 0. The number of aryl methyl sites for hydroxylation is 3. The van der Waals surface area contributed by atoms with Gasteiger partial charge in [0.15, 0.2) is 0 Å². The second kappa shape index (κ2) is 5.13. The Bertz CT molecular complexity index is 434. The lowest BCUT2D eigenvalue weighted by atomic mass is 10.1. The molecule has 1 heterocycles. The first-order valence-electron chi connectivity index (χ1n) is 5.41. The molecule has 0 aliphatic carbocycles. The van der Waals surface area contributed by atoms with Crippen LogP contribution in [0.2, 0.25) is 5.02 Å². The zero-order valence-corrected chi connectivity index (χ0v) is 10.0. The van der Waals surface area contributed by atoms with Crippen molar-refractivity contribution in [2.24, 2.45) is 0 Å². The van der Waals surface area contributed by atoms with Gasteiger partial charge in [0.1, 0.15) is 0 Å². The summed E-state index contributed by atoms with van der Waals surface area (Å²) in [5.74, 6) is 0. The number of aromatic nitrogens is 1. The molecule has 0 amide bonds. The van der Waals surface area contributed by atoms with Crippen molar-refractivity contribution in [3.63, 3.8) is 0 Å². The molecule has 0 fully saturated rings. The monoisotopic (exact) mass is 231 g/mol. The Labute approximate surface area is 101 Å². The van der Waals surface area contributed by atoms with Crippen LogP contribution in [0.5, 0.6) is 0 Å². The van der Waals surface area contributed by atoms with E-state index >= 15 is 0 Å². The van der Waals surface area contributed by atoms with Gasteiger partial charge in [-0.2, -0.15) is 0 Å². The molecule has 2 aromatic rings. The molecule has 2 rings (SSSR count). The number of hydrogen-bond acceptors (Lipinski definition) is 1. The molecule has 0 aliphatic heterocycles. The van der Waals surface area contributed by atoms with Crippen LogP contribution in [0.1, 0.15) is 17.0 Å². The number of pyridine rings is 1. The van der Waals surface area contributed by atoms with Crippen LogP contribution in [-0.4, -0.2) is 4.98 Å². The standard InChI is InChI=1S/C14H14ClN/c1-11-4-2-7-14(16-11)9-8-12-5-3-6-13(15)10-12/h2-7,10H,8-9H2,1H3. The molecule has 0 radical (unpaired) electrons. The zero-order valence-electron chi connectivity index (χ0n) is 9.28. The summed E-state index contributed by atoms with van der Waals surface area (Å²) in [5, 5.41) is 0.801. The third-order valence-electron chi connectivity index (χ3n) is 2.50. The van der Waals surface area contributed by atoms with Crippen LogP contribution in [0, 0.1) is 6.92 Å². The van der Waals surface area contributed by atoms with Gasteiger partial charge in [-0.1, -0.05) is 29.8 Å². The smallest absolute Gasteiger partial charge is 0.0410 e. The summed E-state index contributed by atoms with van der Waals surface area (Å²) in [6, 6.07) is 14.1. The summed E-state index contributed by atoms with van der Waals surface area (Å²) < 4.78 is 0. The van der Waals surface area contributed by atoms with Crippen molar-refractivity contribution in [3.8, 4) is 0 Å². The molecule has 0 bridgehead atoms. The first-order valence-corrected chi connectivity index (χ1v) is 5.79. The fourth-order valence-electron chi connectivity index (χ4n) is 1.70. The van der Waals surface area contributed by atoms with E-state index in [1.807, 2.05) is 31.2 Å². The van der Waals surface area contributed by atoms with Gasteiger partial charge in [0.2, 0.25) is 0 Å². The molecule has 16 heavy (non-hydrogen) atoms. The highest BCUT2D eigenvalue weighted by molar-refractivity contribution is 6.30. The zero-order chi connectivity index (χ0) is 11.4. The van der Waals surface area contributed by atoms with Gasteiger partial charge in [-0.3, -0.25) is 4.98 Å². The van der Waals surface area contributed by atoms with Crippen molar-refractivity contribution in [1.82, 2.24) is 4.98 Å². The van der Waals surface area contributed by atoms with E-state index in [0.29, 0.717) is 0 Å². The summed E-state index contributed by atoms with van der Waals surface area (Å²) >= 11 is 5.94. The molecule has 0 saturated heterocycles. The third-order valence-corrected chi connectivity index (χ3v) is 2.74. The minimum absolute atomic E-state index is 0.801. The Morgan fingerprint density at radius 3 is 2.62 bits per heavy atom. The van der Waals surface area contributed by atoms with Gasteiger partial charge in [-0.15, -0.1) is 0 Å². The molecular formula is C14H14ClN. The molecule has 0 aliphatic rings. The minimum atomic E-state index is 0.801. The molecule has 0 unspecified atom stereocenters. The predicted octanol–water partition coefficient (Wildman–Crippen LogP) is 3.83. The van der Waals surface area contributed by atoms with Crippen LogP contribution in [0.3, 0.4) is 0 Å². The molecule has 0 spiro atoms. The SMILES string of the molecule is Cc1cccc(CCc2cccc(Cl)c2)n1. The van der Waals surface area contributed by atoms with E-state index in [1.165, 1.54) is 5.56 Å². The van der Waals surface area contributed by atoms with Gasteiger partial charge in [0.05, 0.1) is 0 Å². The molecule has 1 aromatic carbocycles. The maximum absolute atomic E-state index is 5.94. The summed E-state index contributed by atoms with van der Waals surface area (Å²) in [6.45, 7) is 2.02. The molecule has 0 atom stereocenters. The number of rotatable bonds is 3. The van der Waals surface area contributed by atoms with E-state index in [4.69, 9.17) is 11.6 Å². The Hall–Kier alpha value is -1.34. The van der Waals surface area contributed by atoms with Gasteiger partial charge in [0.25, 0.3) is 0 Å². The maximum Gasteiger partial charge on any atom is 0.0410 e. The summed E-state index contributed by atoms with van der Waals surface area (Å²) in [5.41, 5.74) is 3.47. The van der Waals surface area contributed by atoms with Gasteiger partial charge >= 0.3 is 0 Å². The lowest BCUT2D eigenvalue weighted by Crippen LogP contribution is -1.95. The summed E-state index contributed by atoms with van der Waals surface area (Å²) in [4.78, 5) is 4.48. The van der Waals surface area contributed by atoms with Crippen molar-refractivity contribution in [2.75, 3.05) is 0 Å². The van der Waals surface area contributed by atoms with E-state index in [-0.39, 0.29) is 0 Å². The second-order valence-corrected chi connectivity index (χ2v) is 4.34. The van der Waals surface area contributed by atoms with Gasteiger partial charge in [-0.05, 0) is 49.6 Å². The fourth-order valence-corrected chi connectivity index (χ4v) is 1.92. The van der Waals surface area contributed by atoms with Gasteiger partial charge in [0, 0.05) is 16.4 Å². The van der Waals surface area contributed by atoms with Crippen molar-refractivity contribution in [2.45, 2.75) is 19.8 Å². The van der Waals surface area contributed by atoms with Crippen LogP contribution in [0.15, 0.2) is 42.5 Å². The second-order valence-electron chi connectivity index (χ2n) is 3.90. The Morgan fingerprint density at radius 2 is 1.88 bits per heavy atom. The third kappa shape index (κ3) is 3.07. The Kier molecular flexibility index (Phi) is 3.58. The van der Waals surface area contributed by atoms with Crippen LogP contribution >= 0.6 is 11.6 Å². The quantitative estimate of drug-likeness (QED) is 0.783. The first-order chi connectivity index (χ1) is 7.74. The highest BCUT2D eigenvalue weighted by atomic mass is 35.5. The lowest BCUT2D eigenvalue weighted by Gasteiger charge is -2.03. The predicted molar refractivity (Wildman–Crippen MR) is 67.8 cm³/mol. The number of hydrogen-bond donors (Lipinski definition) is 0. The minimum Gasteiger partial charge on any atom is -0.258 e. The molecule has 82 valence electrons. The molecule has 1 aromatic heterocycles. The highest BCUT2D eigenvalue weighted by Gasteiger charge is 1.98. The molecule has 1 nitrogen and oxygen atoms in total. The topological polar surface area (TPSA) is 12.9 Å². The Balaban J connectivity index is 2.02. The number of nitrogens with zero attached hydrogens (tertiary/aromatic N) is 1. The first kappa shape index (κ1) is 11.2. The van der Waals surface area contributed by atoms with Gasteiger partial charge in [-0.25, -0.2) is 0 Å². The Morgan fingerprint density at radius 1 is 1.06 bits per heavy atom. The van der Waals surface area contributed by atoms with Crippen molar-refractivity contribution < 1.29 is 0 Å². The van der Waals surface area contributed by atoms with E-state index in [1.54, 1.807) is 0 Å².